The first-order valence-corrected chi connectivity index (χ1v) is 20.8. The summed E-state index contributed by atoms with van der Waals surface area (Å²) in [7, 11) is 6.52. The van der Waals surface area contributed by atoms with Gasteiger partial charge in [-0.2, -0.15) is 0 Å². The summed E-state index contributed by atoms with van der Waals surface area (Å²) in [6, 6.07) is 19.4. The van der Waals surface area contributed by atoms with E-state index in [9.17, 15) is 0 Å². The molecule has 0 bridgehead atoms. The highest BCUT2D eigenvalue weighted by Crippen LogP contribution is 2.42. The number of halogens is 1. The second-order valence-corrected chi connectivity index (χ2v) is 15.7. The van der Waals surface area contributed by atoms with E-state index < -0.39 is 0 Å². The largest absolute Gasteiger partial charge is 0.493 e. The minimum Gasteiger partial charge on any atom is -0.493 e. The molecule has 0 aliphatic heterocycles. The van der Waals surface area contributed by atoms with Gasteiger partial charge in [-0.3, -0.25) is 0 Å². The van der Waals surface area contributed by atoms with E-state index >= 15 is 0 Å². The molecule has 4 aromatic carbocycles. The average molecular weight is 752 g/mol. The van der Waals surface area contributed by atoms with Crippen LogP contribution in [0.1, 0.15) is 119 Å². The summed E-state index contributed by atoms with van der Waals surface area (Å²) in [5, 5.41) is 4.67. The molecule has 0 aliphatic carbocycles. The molecule has 5 rings (SSSR count). The summed E-state index contributed by atoms with van der Waals surface area (Å²) in [5.74, 6) is 4.26. The molecule has 0 amide bonds. The highest BCUT2D eigenvalue weighted by Gasteiger charge is 2.24. The molecule has 0 aliphatic rings. The summed E-state index contributed by atoms with van der Waals surface area (Å²) in [6.45, 7) is 16.0. The Morgan fingerprint density at radius 3 is 1.92 bits per heavy atom. The van der Waals surface area contributed by atoms with Crippen molar-refractivity contribution in [2.75, 3.05) is 13.2 Å². The van der Waals surface area contributed by atoms with Crippen LogP contribution in [0.3, 0.4) is 0 Å². The van der Waals surface area contributed by atoms with Gasteiger partial charge in [-0.15, -0.1) is 0 Å². The van der Waals surface area contributed by atoms with Crippen LogP contribution < -0.4 is 14.9 Å². The summed E-state index contributed by atoms with van der Waals surface area (Å²) < 4.78 is 16.9. The molecule has 4 nitrogen and oxygen atoms in total. The molecule has 51 heavy (non-hydrogen) atoms. The standard InChI is InChI=1S/C45H60BBrN2O2/c1-7-13-16-31(10-4)28-49-44-41-25-34(46)19-22-38(41)37-23-20-35(47)26-40(37)43(44)48-45(49)39-24-21-36(50-29-32(11-5)17-14-8-2)27-42(39)51-30-33(12-6)18-15-9-3/h19-27,31-33H,7-18,28-30H2,1-6H3. The van der Waals surface area contributed by atoms with Gasteiger partial charge in [0.1, 0.15) is 25.2 Å². The van der Waals surface area contributed by atoms with E-state index in [4.69, 9.17) is 22.3 Å². The van der Waals surface area contributed by atoms with Crippen LogP contribution in [0.25, 0.3) is 44.0 Å². The molecule has 0 N–H and O–H groups in total. The van der Waals surface area contributed by atoms with Crippen molar-refractivity contribution >= 4 is 61.8 Å². The molecule has 1 aromatic heterocycles. The van der Waals surface area contributed by atoms with E-state index in [1.165, 1.54) is 68.6 Å². The molecular formula is C45H60BBrN2O2. The van der Waals surface area contributed by atoms with E-state index in [2.05, 4.69) is 111 Å². The van der Waals surface area contributed by atoms with E-state index in [1.54, 1.807) is 0 Å². The summed E-state index contributed by atoms with van der Waals surface area (Å²) in [5.41, 5.74) is 3.94. The molecule has 1 heterocycles. The number of ether oxygens (including phenoxy) is 2. The lowest BCUT2D eigenvalue weighted by atomic mass is 9.91. The fourth-order valence-corrected chi connectivity index (χ4v) is 7.89. The second-order valence-electron chi connectivity index (χ2n) is 14.8. The molecule has 3 unspecified atom stereocenters. The van der Waals surface area contributed by atoms with Crippen LogP contribution in [-0.4, -0.2) is 30.6 Å². The minimum atomic E-state index is 0.506. The van der Waals surface area contributed by atoms with Crippen LogP contribution in [0.5, 0.6) is 11.5 Å². The Kier molecular flexibility index (Phi) is 14.8. The average Bonchev–Trinajstić information content (AvgIpc) is 3.52. The highest BCUT2D eigenvalue weighted by atomic mass is 79.9. The van der Waals surface area contributed by atoms with Gasteiger partial charge in [-0.25, -0.2) is 4.98 Å². The first-order chi connectivity index (χ1) is 24.8. The lowest BCUT2D eigenvalue weighted by Gasteiger charge is -2.22. The SMILES string of the molecule is [B]c1ccc2c3ccc(Br)cc3c3nc(-c4ccc(OCC(CC)CCCC)cc4OCC(CC)CCCC)n(CC(CC)CCCC)c3c2c1. The highest BCUT2D eigenvalue weighted by molar-refractivity contribution is 9.10. The molecule has 272 valence electrons. The second kappa shape index (κ2) is 19.2. The third kappa shape index (κ3) is 9.52. The molecule has 6 heteroatoms. The van der Waals surface area contributed by atoms with Crippen LogP contribution in [0, 0.1) is 17.8 Å². The number of fused-ring (bicyclic) bond motifs is 6. The van der Waals surface area contributed by atoms with Crippen molar-refractivity contribution in [3.63, 3.8) is 0 Å². The number of nitrogens with zero attached hydrogens (tertiary/aromatic N) is 2. The van der Waals surface area contributed by atoms with Gasteiger partial charge in [0.2, 0.25) is 0 Å². The van der Waals surface area contributed by atoms with Crippen molar-refractivity contribution in [2.45, 2.75) is 125 Å². The van der Waals surface area contributed by atoms with Crippen molar-refractivity contribution < 1.29 is 9.47 Å². The van der Waals surface area contributed by atoms with E-state index in [0.717, 1.165) is 87.0 Å². The Hall–Kier alpha value is -2.99. The van der Waals surface area contributed by atoms with Gasteiger partial charge in [0.25, 0.3) is 0 Å². The van der Waals surface area contributed by atoms with Crippen LogP contribution in [0.15, 0.2) is 59.1 Å². The molecule has 0 saturated carbocycles. The zero-order valence-electron chi connectivity index (χ0n) is 32.2. The van der Waals surface area contributed by atoms with Crippen molar-refractivity contribution in [1.29, 1.82) is 0 Å². The topological polar surface area (TPSA) is 36.3 Å². The van der Waals surface area contributed by atoms with Crippen LogP contribution in [0.2, 0.25) is 0 Å². The van der Waals surface area contributed by atoms with Gasteiger partial charge >= 0.3 is 0 Å². The Balaban J connectivity index is 1.72. The van der Waals surface area contributed by atoms with Crippen molar-refractivity contribution in [1.82, 2.24) is 9.55 Å². The predicted octanol–water partition coefficient (Wildman–Crippen LogP) is 13.0. The third-order valence-electron chi connectivity index (χ3n) is 11.0. The molecule has 0 saturated heterocycles. The van der Waals surface area contributed by atoms with Crippen molar-refractivity contribution in [3.05, 3.63) is 59.1 Å². The number of unbranched alkanes of at least 4 members (excludes halogenated alkanes) is 3. The Morgan fingerprint density at radius 1 is 0.667 bits per heavy atom. The third-order valence-corrected chi connectivity index (χ3v) is 11.5. The van der Waals surface area contributed by atoms with Crippen molar-refractivity contribution in [2.24, 2.45) is 17.8 Å². The molecular weight excluding hydrogens is 691 g/mol. The van der Waals surface area contributed by atoms with E-state index in [1.807, 2.05) is 6.07 Å². The molecule has 3 atom stereocenters. The Labute approximate surface area is 317 Å². The molecule has 2 radical (unpaired) electrons. The quantitative estimate of drug-likeness (QED) is 0.0553. The van der Waals surface area contributed by atoms with Gasteiger partial charge in [-0.1, -0.05) is 145 Å². The van der Waals surface area contributed by atoms with Gasteiger partial charge in [-0.05, 0) is 72.1 Å². The minimum absolute atomic E-state index is 0.506. The predicted molar refractivity (Wildman–Crippen MR) is 224 cm³/mol. The number of imidazole rings is 1. The number of hydrogen-bond donors (Lipinski definition) is 0. The van der Waals surface area contributed by atoms with Crippen LogP contribution >= 0.6 is 15.9 Å². The first-order valence-electron chi connectivity index (χ1n) is 20.1. The van der Waals surface area contributed by atoms with Crippen LogP contribution in [0.4, 0.5) is 0 Å². The molecule has 0 fully saturated rings. The fraction of sp³-hybridized carbons (Fsp3) is 0.533. The Morgan fingerprint density at radius 2 is 1.27 bits per heavy atom. The zero-order valence-corrected chi connectivity index (χ0v) is 33.8. The summed E-state index contributed by atoms with van der Waals surface area (Å²) in [4.78, 5) is 5.59. The number of rotatable bonds is 21. The summed E-state index contributed by atoms with van der Waals surface area (Å²) in [6.07, 6.45) is 14.2. The lowest BCUT2D eigenvalue weighted by Crippen LogP contribution is -2.14. The summed E-state index contributed by atoms with van der Waals surface area (Å²) >= 11 is 3.78. The zero-order chi connectivity index (χ0) is 36.3. The molecule has 0 spiro atoms. The van der Waals surface area contributed by atoms with E-state index in [-0.39, 0.29) is 0 Å². The molecule has 5 aromatic rings. The maximum absolute atomic E-state index is 6.88. The smallest absolute Gasteiger partial charge is 0.144 e. The van der Waals surface area contributed by atoms with Gasteiger partial charge in [0, 0.05) is 27.9 Å². The van der Waals surface area contributed by atoms with Gasteiger partial charge in [0.15, 0.2) is 0 Å². The fourth-order valence-electron chi connectivity index (χ4n) is 7.53. The number of benzene rings is 4. The van der Waals surface area contributed by atoms with Crippen LogP contribution in [-0.2, 0) is 6.54 Å². The maximum atomic E-state index is 6.88. The number of aromatic nitrogens is 2. The monoisotopic (exact) mass is 750 g/mol. The maximum Gasteiger partial charge on any atom is 0.144 e. The lowest BCUT2D eigenvalue weighted by molar-refractivity contribution is 0.223. The van der Waals surface area contributed by atoms with Gasteiger partial charge < -0.3 is 14.0 Å². The number of hydrogen-bond acceptors (Lipinski definition) is 3. The first kappa shape index (κ1) is 39.2. The normalized spacial score (nSPS) is 13.6. The van der Waals surface area contributed by atoms with Crippen molar-refractivity contribution in [3.8, 4) is 22.9 Å². The van der Waals surface area contributed by atoms with Gasteiger partial charge in [0.05, 0.1) is 29.8 Å². The van der Waals surface area contributed by atoms with E-state index in [0.29, 0.717) is 24.4 Å². The Bertz CT molecular complexity index is 1870.